The highest BCUT2D eigenvalue weighted by atomic mass is 16.3. The molecule has 3 N–H and O–H groups in total. The Hall–Kier alpha value is -3.09. The third-order valence-electron chi connectivity index (χ3n) is 4.34. The molecule has 130 valence electrons. The van der Waals surface area contributed by atoms with Crippen LogP contribution < -0.4 is 10.9 Å². The van der Waals surface area contributed by atoms with Gasteiger partial charge in [0.05, 0.1) is 17.5 Å². The molecule has 3 rings (SSSR count). The topological polar surface area (TPSA) is 100 Å². The zero-order valence-electron chi connectivity index (χ0n) is 14.6. The Bertz CT molecular complexity index is 1050. The van der Waals surface area contributed by atoms with E-state index < -0.39 is 0 Å². The summed E-state index contributed by atoms with van der Waals surface area (Å²) in [6.45, 7) is 5.51. The van der Waals surface area contributed by atoms with Gasteiger partial charge in [-0.25, -0.2) is 4.98 Å². The van der Waals surface area contributed by atoms with Gasteiger partial charge in [-0.3, -0.25) is 19.4 Å². The lowest BCUT2D eigenvalue weighted by Gasteiger charge is -2.11. The normalized spacial score (nSPS) is 11.0. The predicted molar refractivity (Wildman–Crippen MR) is 96.0 cm³/mol. The number of nitrogens with one attached hydrogen (secondary N) is 2. The molecule has 1 amide bonds. The van der Waals surface area contributed by atoms with Gasteiger partial charge in [0.2, 0.25) is 5.91 Å². The standard InChI is InChI=1S/C18H20N4O3/c1-9-5-6-14(23)13(7-9)20-15(24)8-12-10(2)16-17(19-11(12)3)21-22(4)18(16)25/h5-7,23H,8H2,1-4H3,(H,19,21)(H,20,24). The fourth-order valence-electron chi connectivity index (χ4n) is 2.98. The molecule has 0 spiro atoms. The number of rotatable bonds is 3. The third-order valence-corrected chi connectivity index (χ3v) is 4.34. The van der Waals surface area contributed by atoms with Crippen LogP contribution in [0.15, 0.2) is 23.0 Å². The zero-order chi connectivity index (χ0) is 18.3. The molecule has 0 aliphatic rings. The monoisotopic (exact) mass is 340 g/mol. The fraction of sp³-hybridized carbons (Fsp3) is 0.278. The molecule has 0 saturated carbocycles. The maximum Gasteiger partial charge on any atom is 0.276 e. The van der Waals surface area contributed by atoms with Crippen LogP contribution >= 0.6 is 0 Å². The summed E-state index contributed by atoms with van der Waals surface area (Å²) in [5.41, 5.74) is 3.80. The number of nitrogens with zero attached hydrogens (tertiary/aromatic N) is 2. The first-order chi connectivity index (χ1) is 11.8. The van der Waals surface area contributed by atoms with Crippen LogP contribution in [0.5, 0.6) is 5.75 Å². The van der Waals surface area contributed by atoms with E-state index in [0.29, 0.717) is 28.0 Å². The summed E-state index contributed by atoms with van der Waals surface area (Å²) in [4.78, 5) is 29.1. The van der Waals surface area contributed by atoms with Gasteiger partial charge in [-0.2, -0.15) is 0 Å². The van der Waals surface area contributed by atoms with Gasteiger partial charge in [0.1, 0.15) is 5.75 Å². The van der Waals surface area contributed by atoms with Crippen molar-refractivity contribution in [3.8, 4) is 5.75 Å². The maximum atomic E-state index is 12.4. The van der Waals surface area contributed by atoms with E-state index in [-0.39, 0.29) is 23.6 Å². The first kappa shape index (κ1) is 16.8. The van der Waals surface area contributed by atoms with Crippen LogP contribution in [0.4, 0.5) is 5.69 Å². The average molecular weight is 340 g/mol. The summed E-state index contributed by atoms with van der Waals surface area (Å²) in [5.74, 6) is -0.263. The second-order valence-electron chi connectivity index (χ2n) is 6.25. The highest BCUT2D eigenvalue weighted by Gasteiger charge is 2.17. The van der Waals surface area contributed by atoms with Crippen molar-refractivity contribution in [1.82, 2.24) is 14.8 Å². The molecular weight excluding hydrogens is 320 g/mol. The summed E-state index contributed by atoms with van der Waals surface area (Å²) in [7, 11) is 1.63. The Balaban J connectivity index is 1.95. The van der Waals surface area contributed by atoms with E-state index >= 15 is 0 Å². The van der Waals surface area contributed by atoms with Gasteiger partial charge in [-0.1, -0.05) is 6.07 Å². The van der Waals surface area contributed by atoms with E-state index in [9.17, 15) is 14.7 Å². The number of aromatic hydroxyl groups is 1. The first-order valence-electron chi connectivity index (χ1n) is 7.92. The Morgan fingerprint density at radius 2 is 2.04 bits per heavy atom. The molecular formula is C18H20N4O3. The number of pyridine rings is 1. The number of anilines is 1. The minimum absolute atomic E-state index is 0.0143. The van der Waals surface area contributed by atoms with Crippen molar-refractivity contribution in [2.75, 3.05) is 5.32 Å². The Kier molecular flexibility index (Phi) is 4.08. The summed E-state index contributed by atoms with van der Waals surface area (Å²) < 4.78 is 1.37. The van der Waals surface area contributed by atoms with E-state index in [1.165, 1.54) is 4.68 Å². The van der Waals surface area contributed by atoms with Gasteiger partial charge < -0.3 is 10.4 Å². The summed E-state index contributed by atoms with van der Waals surface area (Å²) in [6, 6.07) is 5.01. The molecule has 0 bridgehead atoms. The number of H-pyrrole nitrogens is 1. The number of phenols is 1. The fourth-order valence-corrected chi connectivity index (χ4v) is 2.98. The molecule has 2 heterocycles. The molecule has 2 aromatic heterocycles. The van der Waals surface area contributed by atoms with Crippen LogP contribution in [0.3, 0.4) is 0 Å². The molecule has 0 saturated heterocycles. The number of amides is 1. The second-order valence-corrected chi connectivity index (χ2v) is 6.25. The lowest BCUT2D eigenvalue weighted by atomic mass is 10.0. The van der Waals surface area contributed by atoms with Gasteiger partial charge in [0, 0.05) is 12.7 Å². The molecule has 0 fully saturated rings. The molecule has 25 heavy (non-hydrogen) atoms. The predicted octanol–water partition coefficient (Wildman–Crippen LogP) is 2.07. The van der Waals surface area contributed by atoms with E-state index in [4.69, 9.17) is 0 Å². The molecule has 7 heteroatoms. The maximum absolute atomic E-state index is 12.4. The van der Waals surface area contributed by atoms with Gasteiger partial charge >= 0.3 is 0 Å². The number of hydrogen-bond acceptors (Lipinski definition) is 4. The van der Waals surface area contributed by atoms with Crippen LogP contribution in [0, 0.1) is 20.8 Å². The highest BCUT2D eigenvalue weighted by Crippen LogP contribution is 2.25. The van der Waals surface area contributed by atoms with Crippen molar-refractivity contribution in [3.63, 3.8) is 0 Å². The number of carbonyl (C=O) groups is 1. The smallest absolute Gasteiger partial charge is 0.276 e. The first-order valence-corrected chi connectivity index (χ1v) is 7.92. The van der Waals surface area contributed by atoms with Crippen molar-refractivity contribution >= 4 is 22.6 Å². The number of carbonyl (C=O) groups excluding carboxylic acids is 1. The van der Waals surface area contributed by atoms with Crippen LogP contribution in [0.2, 0.25) is 0 Å². The van der Waals surface area contributed by atoms with Crippen molar-refractivity contribution < 1.29 is 9.90 Å². The van der Waals surface area contributed by atoms with Crippen molar-refractivity contribution in [2.24, 2.45) is 7.05 Å². The number of fused-ring (bicyclic) bond motifs is 1. The molecule has 0 unspecified atom stereocenters. The number of benzene rings is 1. The number of aromatic nitrogens is 3. The Morgan fingerprint density at radius 3 is 2.76 bits per heavy atom. The minimum Gasteiger partial charge on any atom is -0.506 e. The number of phenolic OH excluding ortho intramolecular Hbond substituents is 1. The number of aryl methyl sites for hydroxylation is 4. The lowest BCUT2D eigenvalue weighted by Crippen LogP contribution is -2.17. The van der Waals surface area contributed by atoms with Crippen molar-refractivity contribution in [1.29, 1.82) is 0 Å². The van der Waals surface area contributed by atoms with Crippen LogP contribution in [0.1, 0.15) is 22.4 Å². The SMILES string of the molecule is Cc1ccc(O)c(NC(=O)Cc2c(C)nc3[nH]n(C)c(=O)c3c2C)c1. The average Bonchev–Trinajstić information content (AvgIpc) is 2.82. The zero-order valence-corrected chi connectivity index (χ0v) is 14.6. The Labute approximate surface area is 144 Å². The summed E-state index contributed by atoms with van der Waals surface area (Å²) >= 11 is 0. The van der Waals surface area contributed by atoms with E-state index in [1.807, 2.05) is 20.8 Å². The van der Waals surface area contributed by atoms with Gasteiger partial charge in [0.25, 0.3) is 5.56 Å². The van der Waals surface area contributed by atoms with Crippen LogP contribution in [-0.4, -0.2) is 25.8 Å². The van der Waals surface area contributed by atoms with E-state index in [1.54, 1.807) is 25.2 Å². The van der Waals surface area contributed by atoms with Gasteiger partial charge in [0.15, 0.2) is 5.65 Å². The molecule has 0 aliphatic carbocycles. The second kappa shape index (κ2) is 6.08. The summed E-state index contributed by atoms with van der Waals surface area (Å²) in [5, 5.41) is 16.0. The molecule has 0 radical (unpaired) electrons. The quantitative estimate of drug-likeness (QED) is 0.636. The van der Waals surface area contributed by atoms with E-state index in [0.717, 1.165) is 11.1 Å². The molecule has 0 atom stereocenters. The number of hydrogen-bond donors (Lipinski definition) is 3. The lowest BCUT2D eigenvalue weighted by molar-refractivity contribution is -0.115. The van der Waals surface area contributed by atoms with E-state index in [2.05, 4.69) is 15.4 Å². The molecule has 3 aromatic rings. The number of aromatic amines is 1. The third kappa shape index (κ3) is 3.00. The molecule has 1 aromatic carbocycles. The largest absolute Gasteiger partial charge is 0.506 e. The molecule has 0 aliphatic heterocycles. The Morgan fingerprint density at radius 1 is 1.32 bits per heavy atom. The van der Waals surface area contributed by atoms with Crippen molar-refractivity contribution in [3.05, 3.63) is 50.9 Å². The van der Waals surface area contributed by atoms with Crippen LogP contribution in [-0.2, 0) is 18.3 Å². The summed E-state index contributed by atoms with van der Waals surface area (Å²) in [6.07, 6.45) is 0.0717. The van der Waals surface area contributed by atoms with Crippen molar-refractivity contribution in [2.45, 2.75) is 27.2 Å². The van der Waals surface area contributed by atoms with Crippen LogP contribution in [0.25, 0.3) is 11.0 Å². The minimum atomic E-state index is -0.277. The van der Waals surface area contributed by atoms with Gasteiger partial charge in [-0.05, 0) is 49.6 Å². The molecule has 7 nitrogen and oxygen atoms in total. The highest BCUT2D eigenvalue weighted by molar-refractivity contribution is 5.95. The van der Waals surface area contributed by atoms with Gasteiger partial charge in [-0.15, -0.1) is 0 Å².